The van der Waals surface area contributed by atoms with Gasteiger partial charge in [0.2, 0.25) is 0 Å². The summed E-state index contributed by atoms with van der Waals surface area (Å²) in [7, 11) is 0. The Balaban J connectivity index is 2.55. The zero-order chi connectivity index (χ0) is 7.61. The van der Waals surface area contributed by atoms with Crippen molar-refractivity contribution in [2.45, 2.75) is 19.3 Å². The molecule has 0 aromatic heterocycles. The topological polar surface area (TPSA) is 75.4 Å². The van der Waals surface area contributed by atoms with Crippen LogP contribution in [0.25, 0.3) is 0 Å². The van der Waals surface area contributed by atoms with E-state index in [9.17, 15) is 4.79 Å². The van der Waals surface area contributed by atoms with E-state index in [2.05, 4.69) is 0 Å². The van der Waals surface area contributed by atoms with Crippen LogP contribution in [-0.2, 0) is 4.79 Å². The van der Waals surface area contributed by atoms with Gasteiger partial charge in [-0.25, -0.2) is 5.48 Å². The van der Waals surface area contributed by atoms with Gasteiger partial charge in [-0.2, -0.15) is 0 Å². The molecule has 4 nitrogen and oxygen atoms in total. The van der Waals surface area contributed by atoms with Gasteiger partial charge in [0.1, 0.15) is 0 Å². The molecule has 1 amide bonds. The summed E-state index contributed by atoms with van der Waals surface area (Å²) < 4.78 is 0. The van der Waals surface area contributed by atoms with Gasteiger partial charge in [-0.3, -0.25) is 10.0 Å². The lowest BCUT2D eigenvalue weighted by molar-refractivity contribution is -0.144. The minimum atomic E-state index is -0.450. The number of rotatable bonds is 2. The van der Waals surface area contributed by atoms with Crippen LogP contribution in [0.15, 0.2) is 0 Å². The van der Waals surface area contributed by atoms with Gasteiger partial charge in [0.15, 0.2) is 0 Å². The highest BCUT2D eigenvalue weighted by Gasteiger charge is 2.42. The van der Waals surface area contributed by atoms with Gasteiger partial charge in [0, 0.05) is 6.54 Å². The van der Waals surface area contributed by atoms with Crippen LogP contribution in [0.3, 0.4) is 0 Å². The van der Waals surface area contributed by atoms with E-state index in [1.165, 1.54) is 0 Å². The Labute approximate surface area is 59.4 Å². The van der Waals surface area contributed by atoms with Gasteiger partial charge in [-0.1, -0.05) is 6.42 Å². The van der Waals surface area contributed by atoms with Crippen molar-refractivity contribution in [2.24, 2.45) is 11.1 Å². The Kier molecular flexibility index (Phi) is 1.92. The van der Waals surface area contributed by atoms with Crippen LogP contribution < -0.4 is 11.2 Å². The van der Waals surface area contributed by atoms with Crippen molar-refractivity contribution in [2.75, 3.05) is 6.54 Å². The number of nitrogens with two attached hydrogens (primary N) is 1. The molecule has 0 heterocycles. The van der Waals surface area contributed by atoms with Crippen LogP contribution in [-0.4, -0.2) is 17.7 Å². The lowest BCUT2D eigenvalue weighted by Crippen LogP contribution is -2.49. The van der Waals surface area contributed by atoms with Crippen molar-refractivity contribution < 1.29 is 10.0 Å². The molecule has 1 rings (SSSR count). The maximum absolute atomic E-state index is 10.9. The Bertz CT molecular complexity index is 137. The summed E-state index contributed by atoms with van der Waals surface area (Å²) in [6, 6.07) is 0. The maximum Gasteiger partial charge on any atom is 0.250 e. The molecule has 0 aromatic rings. The molecule has 58 valence electrons. The number of carbonyl (C=O) groups excluding carboxylic acids is 1. The first kappa shape index (κ1) is 7.50. The Morgan fingerprint density at radius 1 is 1.70 bits per heavy atom. The summed E-state index contributed by atoms with van der Waals surface area (Å²) in [5.41, 5.74) is 6.56. The monoisotopic (exact) mass is 144 g/mol. The molecule has 0 atom stereocenters. The molecule has 1 aliphatic carbocycles. The first-order valence-electron chi connectivity index (χ1n) is 3.40. The third kappa shape index (κ3) is 0.892. The van der Waals surface area contributed by atoms with Crippen LogP contribution in [0, 0.1) is 5.41 Å². The van der Waals surface area contributed by atoms with E-state index in [0.29, 0.717) is 6.54 Å². The highest BCUT2D eigenvalue weighted by atomic mass is 16.5. The number of carbonyl (C=O) groups is 1. The second-order valence-corrected chi connectivity index (χ2v) is 2.78. The fourth-order valence-electron chi connectivity index (χ4n) is 1.25. The summed E-state index contributed by atoms with van der Waals surface area (Å²) in [6.45, 7) is 0.333. The summed E-state index contributed by atoms with van der Waals surface area (Å²) in [5, 5.41) is 8.31. The van der Waals surface area contributed by atoms with E-state index in [-0.39, 0.29) is 5.91 Å². The van der Waals surface area contributed by atoms with Crippen LogP contribution in [0.1, 0.15) is 19.3 Å². The van der Waals surface area contributed by atoms with Crippen molar-refractivity contribution in [3.8, 4) is 0 Å². The Morgan fingerprint density at radius 2 is 2.30 bits per heavy atom. The largest absolute Gasteiger partial charge is 0.329 e. The highest BCUT2D eigenvalue weighted by molar-refractivity contribution is 5.82. The van der Waals surface area contributed by atoms with Crippen LogP contribution in [0.4, 0.5) is 0 Å². The summed E-state index contributed by atoms with van der Waals surface area (Å²) in [5.74, 6) is -0.332. The van der Waals surface area contributed by atoms with E-state index < -0.39 is 5.41 Å². The predicted octanol–water partition coefficient (Wildman–Crippen LogP) is -0.379. The van der Waals surface area contributed by atoms with Gasteiger partial charge in [0.25, 0.3) is 5.91 Å². The van der Waals surface area contributed by atoms with Crippen molar-refractivity contribution in [1.82, 2.24) is 5.48 Å². The number of hydroxylamine groups is 1. The molecule has 1 saturated carbocycles. The lowest BCUT2D eigenvalue weighted by atomic mass is 9.68. The molecule has 0 aromatic carbocycles. The summed E-state index contributed by atoms with van der Waals surface area (Å²) in [4.78, 5) is 10.9. The summed E-state index contributed by atoms with van der Waals surface area (Å²) in [6.07, 6.45) is 2.64. The molecule has 0 radical (unpaired) electrons. The predicted molar refractivity (Wildman–Crippen MR) is 35.3 cm³/mol. The molecule has 0 unspecified atom stereocenters. The lowest BCUT2D eigenvalue weighted by Gasteiger charge is -2.37. The average molecular weight is 144 g/mol. The van der Waals surface area contributed by atoms with Crippen LogP contribution >= 0.6 is 0 Å². The number of hydrogen-bond acceptors (Lipinski definition) is 3. The molecule has 4 heteroatoms. The molecule has 10 heavy (non-hydrogen) atoms. The number of amides is 1. The summed E-state index contributed by atoms with van der Waals surface area (Å²) >= 11 is 0. The van der Waals surface area contributed by atoms with E-state index in [1.807, 2.05) is 0 Å². The third-order valence-corrected chi connectivity index (χ3v) is 2.28. The number of hydrogen-bond donors (Lipinski definition) is 3. The SMILES string of the molecule is NCC1(C(=O)NO)CCC1. The molecule has 0 saturated heterocycles. The minimum absolute atomic E-state index is 0.332. The Hall–Kier alpha value is -0.610. The zero-order valence-corrected chi connectivity index (χ0v) is 5.76. The molecule has 4 N–H and O–H groups in total. The van der Waals surface area contributed by atoms with Gasteiger partial charge >= 0.3 is 0 Å². The quantitative estimate of drug-likeness (QED) is 0.365. The molecule has 0 aliphatic heterocycles. The molecule has 1 fully saturated rings. The van der Waals surface area contributed by atoms with Crippen molar-refractivity contribution >= 4 is 5.91 Å². The second kappa shape index (κ2) is 2.56. The first-order valence-corrected chi connectivity index (χ1v) is 3.40. The normalized spacial score (nSPS) is 21.4. The molecular formula is C6H12N2O2. The van der Waals surface area contributed by atoms with E-state index in [4.69, 9.17) is 10.9 Å². The van der Waals surface area contributed by atoms with Gasteiger partial charge < -0.3 is 5.73 Å². The van der Waals surface area contributed by atoms with E-state index in [1.54, 1.807) is 5.48 Å². The van der Waals surface area contributed by atoms with E-state index in [0.717, 1.165) is 19.3 Å². The van der Waals surface area contributed by atoms with Gasteiger partial charge in [-0.15, -0.1) is 0 Å². The Morgan fingerprint density at radius 3 is 2.40 bits per heavy atom. The zero-order valence-electron chi connectivity index (χ0n) is 5.76. The molecule has 0 spiro atoms. The second-order valence-electron chi connectivity index (χ2n) is 2.78. The smallest absolute Gasteiger partial charge is 0.250 e. The number of nitrogens with one attached hydrogen (secondary N) is 1. The first-order chi connectivity index (χ1) is 4.75. The van der Waals surface area contributed by atoms with E-state index >= 15 is 0 Å². The minimum Gasteiger partial charge on any atom is -0.329 e. The van der Waals surface area contributed by atoms with Gasteiger partial charge in [0.05, 0.1) is 5.41 Å². The fourth-order valence-corrected chi connectivity index (χ4v) is 1.25. The molecule has 1 aliphatic rings. The van der Waals surface area contributed by atoms with Crippen molar-refractivity contribution in [1.29, 1.82) is 0 Å². The van der Waals surface area contributed by atoms with Crippen molar-refractivity contribution in [3.63, 3.8) is 0 Å². The third-order valence-electron chi connectivity index (χ3n) is 2.28. The van der Waals surface area contributed by atoms with Crippen LogP contribution in [0.5, 0.6) is 0 Å². The standard InChI is InChI=1S/C6H12N2O2/c7-4-6(2-1-3-6)5(9)8-10/h10H,1-4,7H2,(H,8,9). The van der Waals surface area contributed by atoms with Crippen molar-refractivity contribution in [3.05, 3.63) is 0 Å². The van der Waals surface area contributed by atoms with Gasteiger partial charge in [-0.05, 0) is 12.8 Å². The van der Waals surface area contributed by atoms with Crippen LogP contribution in [0.2, 0.25) is 0 Å². The fraction of sp³-hybridized carbons (Fsp3) is 0.833. The maximum atomic E-state index is 10.9. The molecular weight excluding hydrogens is 132 g/mol. The average Bonchev–Trinajstić information content (AvgIpc) is 1.86. The highest BCUT2D eigenvalue weighted by Crippen LogP contribution is 2.39. The molecule has 0 bridgehead atoms.